The van der Waals surface area contributed by atoms with Gasteiger partial charge < -0.3 is 4.79 Å². The SMILES string of the molecule is C=CC(C)C(C)(C=O)CC. The predicted octanol–water partition coefficient (Wildman–Crippen LogP) is 2.42. The van der Waals surface area contributed by atoms with Crippen LogP contribution in [-0.4, -0.2) is 6.29 Å². The van der Waals surface area contributed by atoms with Crippen LogP contribution in [0, 0.1) is 11.3 Å². The number of carbonyl (C=O) groups excluding carboxylic acids is 1. The summed E-state index contributed by atoms with van der Waals surface area (Å²) in [5.74, 6) is 0.273. The van der Waals surface area contributed by atoms with Crippen LogP contribution in [0.3, 0.4) is 0 Å². The summed E-state index contributed by atoms with van der Waals surface area (Å²) >= 11 is 0. The fourth-order valence-electron chi connectivity index (χ4n) is 0.782. The fourth-order valence-corrected chi connectivity index (χ4v) is 0.782. The molecule has 0 saturated carbocycles. The maximum Gasteiger partial charge on any atom is 0.126 e. The first-order chi connectivity index (χ1) is 4.60. The van der Waals surface area contributed by atoms with Gasteiger partial charge in [0.25, 0.3) is 0 Å². The van der Waals surface area contributed by atoms with Gasteiger partial charge in [-0.1, -0.05) is 26.8 Å². The molecule has 10 heavy (non-hydrogen) atoms. The van der Waals surface area contributed by atoms with Crippen molar-refractivity contribution in [3.63, 3.8) is 0 Å². The van der Waals surface area contributed by atoms with E-state index in [1.165, 1.54) is 0 Å². The summed E-state index contributed by atoms with van der Waals surface area (Å²) in [6.07, 6.45) is 3.74. The van der Waals surface area contributed by atoms with E-state index in [2.05, 4.69) is 6.58 Å². The van der Waals surface area contributed by atoms with Crippen molar-refractivity contribution in [2.75, 3.05) is 0 Å². The average Bonchev–Trinajstić information content (AvgIpc) is 2.01. The second kappa shape index (κ2) is 3.55. The molecule has 0 aromatic rings. The Kier molecular flexibility index (Phi) is 3.34. The first kappa shape index (κ1) is 9.41. The van der Waals surface area contributed by atoms with Gasteiger partial charge in [0.15, 0.2) is 0 Å². The van der Waals surface area contributed by atoms with Crippen molar-refractivity contribution in [3.05, 3.63) is 12.7 Å². The molecule has 2 unspecified atom stereocenters. The van der Waals surface area contributed by atoms with E-state index >= 15 is 0 Å². The van der Waals surface area contributed by atoms with Crippen LogP contribution in [0.15, 0.2) is 12.7 Å². The molecule has 0 N–H and O–H groups in total. The Morgan fingerprint density at radius 3 is 2.30 bits per heavy atom. The first-order valence-corrected chi connectivity index (χ1v) is 3.69. The zero-order valence-electron chi connectivity index (χ0n) is 7.05. The van der Waals surface area contributed by atoms with Crippen molar-refractivity contribution >= 4 is 6.29 Å². The van der Waals surface area contributed by atoms with Crippen LogP contribution in [0.2, 0.25) is 0 Å². The lowest BCUT2D eigenvalue weighted by Gasteiger charge is -2.25. The summed E-state index contributed by atoms with van der Waals surface area (Å²) in [5, 5.41) is 0. The molecule has 0 heterocycles. The first-order valence-electron chi connectivity index (χ1n) is 3.69. The summed E-state index contributed by atoms with van der Waals surface area (Å²) in [6, 6.07) is 0. The molecule has 0 fully saturated rings. The van der Waals surface area contributed by atoms with Gasteiger partial charge in [0.2, 0.25) is 0 Å². The molecule has 0 spiro atoms. The largest absolute Gasteiger partial charge is 0.303 e. The van der Waals surface area contributed by atoms with Crippen LogP contribution >= 0.6 is 0 Å². The second-order valence-electron chi connectivity index (χ2n) is 3.00. The molecule has 1 heteroatoms. The highest BCUT2D eigenvalue weighted by Gasteiger charge is 2.26. The van der Waals surface area contributed by atoms with Crippen molar-refractivity contribution in [1.29, 1.82) is 0 Å². The minimum atomic E-state index is -0.207. The molecule has 0 saturated heterocycles. The third-order valence-corrected chi connectivity index (χ3v) is 2.42. The quantitative estimate of drug-likeness (QED) is 0.433. The van der Waals surface area contributed by atoms with E-state index in [9.17, 15) is 4.79 Å². The van der Waals surface area contributed by atoms with E-state index < -0.39 is 0 Å². The summed E-state index contributed by atoms with van der Waals surface area (Å²) in [6.45, 7) is 9.67. The number of rotatable bonds is 4. The molecule has 0 aliphatic rings. The van der Waals surface area contributed by atoms with Crippen LogP contribution < -0.4 is 0 Å². The number of aldehydes is 1. The summed E-state index contributed by atoms with van der Waals surface area (Å²) in [4.78, 5) is 10.6. The van der Waals surface area contributed by atoms with Crippen LogP contribution in [0.5, 0.6) is 0 Å². The number of hydrogen-bond acceptors (Lipinski definition) is 1. The van der Waals surface area contributed by atoms with Gasteiger partial charge in [-0.3, -0.25) is 0 Å². The molecule has 0 aromatic heterocycles. The summed E-state index contributed by atoms with van der Waals surface area (Å²) in [7, 11) is 0. The van der Waals surface area contributed by atoms with Crippen LogP contribution in [0.25, 0.3) is 0 Å². The number of allylic oxidation sites excluding steroid dienone is 1. The maximum atomic E-state index is 10.6. The van der Waals surface area contributed by atoms with E-state index in [1.807, 2.05) is 26.8 Å². The van der Waals surface area contributed by atoms with Crippen LogP contribution in [0.4, 0.5) is 0 Å². The fraction of sp³-hybridized carbons (Fsp3) is 0.667. The highest BCUT2D eigenvalue weighted by atomic mass is 16.1. The van der Waals surface area contributed by atoms with E-state index in [-0.39, 0.29) is 11.3 Å². The monoisotopic (exact) mass is 140 g/mol. The zero-order chi connectivity index (χ0) is 8.20. The van der Waals surface area contributed by atoms with Crippen LogP contribution in [0.1, 0.15) is 27.2 Å². The van der Waals surface area contributed by atoms with Gasteiger partial charge in [-0.25, -0.2) is 0 Å². The highest BCUT2D eigenvalue weighted by Crippen LogP contribution is 2.28. The summed E-state index contributed by atoms with van der Waals surface area (Å²) < 4.78 is 0. The van der Waals surface area contributed by atoms with E-state index in [0.29, 0.717) is 0 Å². The average molecular weight is 140 g/mol. The van der Waals surface area contributed by atoms with E-state index in [1.54, 1.807) is 0 Å². The Hall–Kier alpha value is -0.590. The normalized spacial score (nSPS) is 19.1. The Morgan fingerprint density at radius 1 is 1.70 bits per heavy atom. The van der Waals surface area contributed by atoms with Gasteiger partial charge in [-0.05, 0) is 12.3 Å². The second-order valence-corrected chi connectivity index (χ2v) is 3.00. The lowest BCUT2D eigenvalue weighted by Crippen LogP contribution is -2.24. The Morgan fingerprint density at radius 2 is 2.20 bits per heavy atom. The summed E-state index contributed by atoms with van der Waals surface area (Å²) in [5.41, 5.74) is -0.207. The van der Waals surface area contributed by atoms with Crippen LogP contribution in [-0.2, 0) is 4.79 Å². The van der Waals surface area contributed by atoms with Gasteiger partial charge in [0, 0.05) is 5.41 Å². The smallest absolute Gasteiger partial charge is 0.126 e. The molecular weight excluding hydrogens is 124 g/mol. The van der Waals surface area contributed by atoms with Crippen molar-refractivity contribution in [2.45, 2.75) is 27.2 Å². The predicted molar refractivity (Wildman–Crippen MR) is 43.8 cm³/mol. The van der Waals surface area contributed by atoms with Crippen molar-refractivity contribution in [1.82, 2.24) is 0 Å². The third kappa shape index (κ3) is 1.69. The van der Waals surface area contributed by atoms with Crippen molar-refractivity contribution < 1.29 is 4.79 Å². The van der Waals surface area contributed by atoms with Gasteiger partial charge in [0.1, 0.15) is 6.29 Å². The molecule has 0 bridgehead atoms. The zero-order valence-corrected chi connectivity index (χ0v) is 7.05. The van der Waals surface area contributed by atoms with E-state index in [0.717, 1.165) is 12.7 Å². The Bertz CT molecular complexity index is 129. The standard InChI is InChI=1S/C9H16O/c1-5-8(3)9(4,6-2)7-10/h5,7-8H,1,6H2,2-4H3. The lowest BCUT2D eigenvalue weighted by atomic mass is 9.77. The third-order valence-electron chi connectivity index (χ3n) is 2.42. The van der Waals surface area contributed by atoms with Gasteiger partial charge in [-0.15, -0.1) is 6.58 Å². The maximum absolute atomic E-state index is 10.6. The topological polar surface area (TPSA) is 17.1 Å². The minimum absolute atomic E-state index is 0.207. The Labute approximate surface area is 63.1 Å². The van der Waals surface area contributed by atoms with Gasteiger partial charge in [-0.2, -0.15) is 0 Å². The minimum Gasteiger partial charge on any atom is -0.303 e. The molecule has 1 nitrogen and oxygen atoms in total. The molecule has 0 radical (unpaired) electrons. The number of carbonyl (C=O) groups is 1. The van der Waals surface area contributed by atoms with Crippen molar-refractivity contribution in [3.8, 4) is 0 Å². The molecule has 0 aliphatic carbocycles. The molecule has 2 atom stereocenters. The molecule has 0 rings (SSSR count). The van der Waals surface area contributed by atoms with Gasteiger partial charge >= 0.3 is 0 Å². The number of hydrogen-bond donors (Lipinski definition) is 0. The van der Waals surface area contributed by atoms with Crippen molar-refractivity contribution in [2.24, 2.45) is 11.3 Å². The molecule has 0 aliphatic heterocycles. The lowest BCUT2D eigenvalue weighted by molar-refractivity contribution is -0.117. The van der Waals surface area contributed by atoms with E-state index in [4.69, 9.17) is 0 Å². The molecular formula is C9H16O. The highest BCUT2D eigenvalue weighted by molar-refractivity contribution is 5.59. The molecule has 0 aromatic carbocycles. The molecule has 58 valence electrons. The Balaban J connectivity index is 4.30. The van der Waals surface area contributed by atoms with Gasteiger partial charge in [0.05, 0.1) is 0 Å². The molecule has 0 amide bonds.